The fourth-order valence-electron chi connectivity index (χ4n) is 3.02. The number of hydrogen-bond donors (Lipinski definition) is 1. The zero-order chi connectivity index (χ0) is 18.5. The molecule has 0 bridgehead atoms. The highest BCUT2D eigenvalue weighted by Crippen LogP contribution is 2.18. The lowest BCUT2D eigenvalue weighted by atomic mass is 9.99. The fourth-order valence-corrected chi connectivity index (χ4v) is 3.02. The lowest BCUT2D eigenvalue weighted by Crippen LogP contribution is -2.39. The number of nitrogens with one attached hydrogen (secondary N) is 1. The number of rotatable bonds is 6. The topological polar surface area (TPSA) is 56.0 Å². The Bertz CT molecular complexity index is 976. The molecule has 2 aromatic carbocycles. The summed E-state index contributed by atoms with van der Waals surface area (Å²) < 4.78 is 2.63. The molecular weight excluding hydrogens is 326 g/mol. The Kier molecular flexibility index (Phi) is 5.49. The van der Waals surface area contributed by atoms with Crippen LogP contribution in [-0.4, -0.2) is 9.13 Å². The quantitative estimate of drug-likeness (QED) is 0.742. The molecule has 3 rings (SSSR count). The van der Waals surface area contributed by atoms with Gasteiger partial charge in [0.25, 0.3) is 5.56 Å². The second-order valence-electron chi connectivity index (χ2n) is 6.41. The Morgan fingerprint density at radius 2 is 1.50 bits per heavy atom. The normalized spacial score (nSPS) is 12.1. The molecule has 0 amide bonds. The van der Waals surface area contributed by atoms with Gasteiger partial charge in [0.15, 0.2) is 0 Å². The third-order valence-electron chi connectivity index (χ3n) is 4.64. The van der Waals surface area contributed by atoms with E-state index in [0.717, 1.165) is 11.0 Å². The number of aromatic nitrogens is 2. The van der Waals surface area contributed by atoms with Crippen LogP contribution in [0.25, 0.3) is 0 Å². The van der Waals surface area contributed by atoms with Crippen molar-refractivity contribution in [1.29, 1.82) is 0 Å². The van der Waals surface area contributed by atoms with Crippen molar-refractivity contribution in [2.75, 3.05) is 0 Å². The molecule has 0 radical (unpaired) electrons. The van der Waals surface area contributed by atoms with Gasteiger partial charge in [-0.3, -0.25) is 13.9 Å². The maximum atomic E-state index is 12.1. The van der Waals surface area contributed by atoms with Crippen molar-refractivity contribution in [3.8, 4) is 0 Å². The van der Waals surface area contributed by atoms with Crippen LogP contribution in [0.4, 0.5) is 0 Å². The van der Waals surface area contributed by atoms with E-state index in [4.69, 9.17) is 0 Å². The molecule has 0 fully saturated rings. The summed E-state index contributed by atoms with van der Waals surface area (Å²) in [5.74, 6) is 0. The van der Waals surface area contributed by atoms with Gasteiger partial charge in [-0.2, -0.15) is 0 Å². The molecule has 3 aromatic rings. The molecule has 0 aliphatic heterocycles. The Morgan fingerprint density at radius 1 is 0.885 bits per heavy atom. The predicted molar refractivity (Wildman–Crippen MR) is 103 cm³/mol. The van der Waals surface area contributed by atoms with E-state index >= 15 is 0 Å². The molecule has 26 heavy (non-hydrogen) atoms. The largest absolute Gasteiger partial charge is 0.330 e. The third kappa shape index (κ3) is 4.00. The summed E-state index contributed by atoms with van der Waals surface area (Å²) in [6, 6.07) is 22.1. The van der Waals surface area contributed by atoms with E-state index in [1.165, 1.54) is 28.8 Å². The van der Waals surface area contributed by atoms with Gasteiger partial charge in [0.05, 0.1) is 0 Å². The van der Waals surface area contributed by atoms with Crippen molar-refractivity contribution in [2.24, 2.45) is 14.1 Å². The Hall–Kier alpha value is -2.92. The molecule has 1 N–H and O–H groups in total. The first-order valence-electron chi connectivity index (χ1n) is 8.64. The summed E-state index contributed by atoms with van der Waals surface area (Å²) >= 11 is 0. The zero-order valence-electron chi connectivity index (χ0n) is 15.1. The van der Waals surface area contributed by atoms with Crippen molar-refractivity contribution < 1.29 is 0 Å². The van der Waals surface area contributed by atoms with Crippen LogP contribution in [0, 0.1) is 0 Å². The minimum absolute atomic E-state index is 0.0813. The molecule has 0 spiro atoms. The standard InChI is InChI=1S/C21H23N3O2/c1-23-18(14-20(25)24(2)21(23)26)15-22-19(17-11-7-4-8-12-17)13-16-9-5-3-6-10-16/h3-12,14,19,22H,13,15H2,1-2H3. The van der Waals surface area contributed by atoms with Crippen molar-refractivity contribution in [1.82, 2.24) is 14.5 Å². The fraction of sp³-hybridized carbons (Fsp3) is 0.238. The second kappa shape index (κ2) is 7.97. The first-order chi connectivity index (χ1) is 12.6. The highest BCUT2D eigenvalue weighted by atomic mass is 16.2. The van der Waals surface area contributed by atoms with E-state index in [1.807, 2.05) is 36.4 Å². The molecule has 1 aromatic heterocycles. The number of hydrogen-bond acceptors (Lipinski definition) is 3. The zero-order valence-corrected chi connectivity index (χ0v) is 15.1. The summed E-state index contributed by atoms with van der Waals surface area (Å²) in [7, 11) is 3.18. The molecular formula is C21H23N3O2. The van der Waals surface area contributed by atoms with Crippen LogP contribution < -0.4 is 16.6 Å². The van der Waals surface area contributed by atoms with E-state index in [9.17, 15) is 9.59 Å². The molecule has 0 saturated carbocycles. The minimum atomic E-state index is -0.311. The average molecular weight is 349 g/mol. The monoisotopic (exact) mass is 349 g/mol. The van der Waals surface area contributed by atoms with E-state index < -0.39 is 0 Å². The van der Waals surface area contributed by atoms with Crippen molar-refractivity contribution in [3.63, 3.8) is 0 Å². The van der Waals surface area contributed by atoms with Gasteiger partial charge in [-0.1, -0.05) is 60.7 Å². The molecule has 5 nitrogen and oxygen atoms in total. The van der Waals surface area contributed by atoms with Gasteiger partial charge >= 0.3 is 5.69 Å². The maximum Gasteiger partial charge on any atom is 0.330 e. The van der Waals surface area contributed by atoms with Crippen LogP contribution in [0.1, 0.15) is 22.9 Å². The highest BCUT2D eigenvalue weighted by molar-refractivity contribution is 5.24. The van der Waals surface area contributed by atoms with Crippen LogP contribution in [0.3, 0.4) is 0 Å². The average Bonchev–Trinajstić information content (AvgIpc) is 2.68. The van der Waals surface area contributed by atoms with Crippen LogP contribution in [-0.2, 0) is 27.1 Å². The van der Waals surface area contributed by atoms with Gasteiger partial charge in [-0.25, -0.2) is 4.79 Å². The third-order valence-corrected chi connectivity index (χ3v) is 4.64. The van der Waals surface area contributed by atoms with Crippen molar-refractivity contribution in [3.05, 3.63) is 104 Å². The smallest absolute Gasteiger partial charge is 0.304 e. The summed E-state index contributed by atoms with van der Waals surface area (Å²) in [4.78, 5) is 24.1. The van der Waals surface area contributed by atoms with E-state index in [-0.39, 0.29) is 17.3 Å². The van der Waals surface area contributed by atoms with Gasteiger partial charge in [0.2, 0.25) is 0 Å². The molecule has 0 aliphatic carbocycles. The number of nitrogens with zero attached hydrogens (tertiary/aromatic N) is 2. The second-order valence-corrected chi connectivity index (χ2v) is 6.41. The van der Waals surface area contributed by atoms with Crippen LogP contribution in [0.2, 0.25) is 0 Å². The Balaban J connectivity index is 1.85. The molecule has 1 unspecified atom stereocenters. The lowest BCUT2D eigenvalue weighted by molar-refractivity contribution is 0.508. The van der Waals surface area contributed by atoms with Gasteiger partial charge in [-0.05, 0) is 17.5 Å². The van der Waals surface area contributed by atoms with Gasteiger partial charge in [-0.15, -0.1) is 0 Å². The predicted octanol–water partition coefficient (Wildman–Crippen LogP) is 2.16. The summed E-state index contributed by atoms with van der Waals surface area (Å²) in [6.07, 6.45) is 0.823. The first-order valence-corrected chi connectivity index (χ1v) is 8.64. The van der Waals surface area contributed by atoms with Crippen LogP contribution in [0.15, 0.2) is 76.3 Å². The lowest BCUT2D eigenvalue weighted by Gasteiger charge is -2.20. The summed E-state index contributed by atoms with van der Waals surface area (Å²) in [6.45, 7) is 0.439. The SMILES string of the molecule is Cn1c(CNC(Cc2ccccc2)c2ccccc2)cc(=O)n(C)c1=O. The van der Waals surface area contributed by atoms with Crippen LogP contribution in [0.5, 0.6) is 0 Å². The highest BCUT2D eigenvalue weighted by Gasteiger charge is 2.13. The minimum Gasteiger partial charge on any atom is -0.304 e. The molecule has 0 aliphatic rings. The maximum absolute atomic E-state index is 12.1. The first kappa shape index (κ1) is 17.9. The molecule has 134 valence electrons. The van der Waals surface area contributed by atoms with E-state index in [0.29, 0.717) is 12.2 Å². The van der Waals surface area contributed by atoms with Gasteiger partial charge in [0, 0.05) is 38.4 Å². The summed E-state index contributed by atoms with van der Waals surface area (Å²) in [5, 5.41) is 3.51. The van der Waals surface area contributed by atoms with Crippen LogP contribution >= 0.6 is 0 Å². The molecule has 0 saturated heterocycles. The van der Waals surface area contributed by atoms with Gasteiger partial charge in [0.1, 0.15) is 0 Å². The van der Waals surface area contributed by atoms with Crippen molar-refractivity contribution >= 4 is 0 Å². The Morgan fingerprint density at radius 3 is 2.15 bits per heavy atom. The molecule has 1 atom stereocenters. The van der Waals surface area contributed by atoms with Gasteiger partial charge < -0.3 is 5.32 Å². The van der Waals surface area contributed by atoms with Crippen molar-refractivity contribution in [2.45, 2.75) is 19.0 Å². The molecule has 5 heteroatoms. The van der Waals surface area contributed by atoms with E-state index in [2.05, 4.69) is 29.6 Å². The van der Waals surface area contributed by atoms with E-state index in [1.54, 1.807) is 7.05 Å². The summed E-state index contributed by atoms with van der Waals surface area (Å²) in [5.41, 5.74) is 2.47. The molecule has 1 heterocycles. The Labute approximate surface area is 152 Å². The number of benzene rings is 2.